The van der Waals surface area contributed by atoms with Crippen LogP contribution in [0.1, 0.15) is 18.5 Å². The molecular weight excluding hydrogens is 271 g/mol. The molecule has 1 rings (SSSR count). The Morgan fingerprint density at radius 2 is 2.05 bits per heavy atom. The van der Waals surface area contributed by atoms with Gasteiger partial charge >= 0.3 is 0 Å². The fourth-order valence-electron chi connectivity index (χ4n) is 1.56. The first-order valence-electron chi connectivity index (χ1n) is 5.86. The highest BCUT2D eigenvalue weighted by Crippen LogP contribution is 2.20. The molecule has 1 aromatic carbocycles. The third-order valence-electron chi connectivity index (χ3n) is 2.82. The minimum atomic E-state index is -3.26. The normalized spacial score (nSPS) is 13.7. The van der Waals surface area contributed by atoms with Gasteiger partial charge in [0.15, 0.2) is 0 Å². The number of hydrogen-bond donors (Lipinski definition) is 2. The number of hydrogen-bond acceptors (Lipinski definition) is 4. The summed E-state index contributed by atoms with van der Waals surface area (Å²) in [6.45, 7) is 1.96. The second-order valence-electron chi connectivity index (χ2n) is 4.48. The zero-order valence-corrected chi connectivity index (χ0v) is 12.0. The molecule has 1 aromatic rings. The molecule has 2 N–H and O–H groups in total. The summed E-state index contributed by atoms with van der Waals surface area (Å²) in [6.07, 6.45) is 0. The van der Waals surface area contributed by atoms with Crippen molar-refractivity contribution >= 4 is 10.0 Å². The molecule has 1 unspecified atom stereocenters. The van der Waals surface area contributed by atoms with Crippen LogP contribution >= 0.6 is 0 Å². The Balaban J connectivity index is 2.59. The van der Waals surface area contributed by atoms with E-state index in [9.17, 15) is 12.8 Å². The fourth-order valence-corrected chi connectivity index (χ4v) is 2.31. The van der Waals surface area contributed by atoms with Crippen LogP contribution in [0.15, 0.2) is 18.2 Å². The Labute approximate surface area is 113 Å². The Kier molecular flexibility index (Phi) is 5.28. The topological polar surface area (TPSA) is 69.6 Å². The summed E-state index contributed by atoms with van der Waals surface area (Å²) < 4.78 is 37.8. The van der Waals surface area contributed by atoms with Crippen LogP contribution in [0.4, 0.5) is 4.39 Å². The van der Waals surface area contributed by atoms with Crippen LogP contribution in [-0.2, 0) is 10.0 Å². The number of aromatic hydroxyl groups is 1. The average molecular weight is 290 g/mol. The van der Waals surface area contributed by atoms with E-state index in [1.54, 1.807) is 6.92 Å². The predicted octanol–water partition coefficient (Wildman–Crippen LogP) is 1.07. The van der Waals surface area contributed by atoms with Crippen molar-refractivity contribution in [2.24, 2.45) is 0 Å². The van der Waals surface area contributed by atoms with Crippen molar-refractivity contribution in [2.75, 3.05) is 26.4 Å². The van der Waals surface area contributed by atoms with Crippen molar-refractivity contribution in [1.29, 1.82) is 0 Å². The van der Waals surface area contributed by atoms with Gasteiger partial charge in [-0.1, -0.05) is 6.07 Å². The number of nitrogens with zero attached hydrogens (tertiary/aromatic N) is 1. The summed E-state index contributed by atoms with van der Waals surface area (Å²) in [6, 6.07) is 3.57. The van der Waals surface area contributed by atoms with Crippen LogP contribution in [0.25, 0.3) is 0 Å². The van der Waals surface area contributed by atoms with E-state index in [0.717, 1.165) is 10.4 Å². The molecule has 0 bridgehead atoms. The molecule has 0 amide bonds. The SMILES string of the molecule is CC(NCCS(=O)(=O)N(C)C)c1ccc(O)cc1F. The molecule has 1 atom stereocenters. The van der Waals surface area contributed by atoms with Gasteiger partial charge in [-0.3, -0.25) is 0 Å². The molecule has 0 radical (unpaired) electrons. The number of nitrogens with one attached hydrogen (secondary N) is 1. The maximum absolute atomic E-state index is 13.6. The number of phenols is 1. The molecule has 7 heteroatoms. The Hall–Kier alpha value is -1.18. The highest BCUT2D eigenvalue weighted by atomic mass is 32.2. The van der Waals surface area contributed by atoms with Gasteiger partial charge in [-0.15, -0.1) is 0 Å². The molecule has 0 aromatic heterocycles. The molecule has 5 nitrogen and oxygen atoms in total. The van der Waals surface area contributed by atoms with E-state index in [4.69, 9.17) is 5.11 Å². The highest BCUT2D eigenvalue weighted by Gasteiger charge is 2.15. The number of phenolic OH excluding ortho intramolecular Hbond substituents is 1. The lowest BCUT2D eigenvalue weighted by atomic mass is 10.1. The van der Waals surface area contributed by atoms with Gasteiger partial charge in [-0.05, 0) is 13.0 Å². The smallest absolute Gasteiger partial charge is 0.214 e. The van der Waals surface area contributed by atoms with E-state index >= 15 is 0 Å². The van der Waals surface area contributed by atoms with Gasteiger partial charge < -0.3 is 10.4 Å². The largest absolute Gasteiger partial charge is 0.508 e. The number of rotatable bonds is 6. The van der Waals surface area contributed by atoms with E-state index in [-0.39, 0.29) is 24.1 Å². The van der Waals surface area contributed by atoms with Crippen molar-refractivity contribution in [1.82, 2.24) is 9.62 Å². The van der Waals surface area contributed by atoms with Crippen molar-refractivity contribution in [3.05, 3.63) is 29.6 Å². The second-order valence-corrected chi connectivity index (χ2v) is 6.78. The molecular formula is C12H19FN2O3S. The second kappa shape index (κ2) is 6.31. The summed E-state index contributed by atoms with van der Waals surface area (Å²) in [5.74, 6) is -0.705. The van der Waals surface area contributed by atoms with Crippen LogP contribution in [-0.4, -0.2) is 44.2 Å². The molecule has 0 spiro atoms. The summed E-state index contributed by atoms with van der Waals surface area (Å²) >= 11 is 0. The third-order valence-corrected chi connectivity index (χ3v) is 4.65. The average Bonchev–Trinajstić information content (AvgIpc) is 2.28. The predicted molar refractivity (Wildman–Crippen MR) is 72.0 cm³/mol. The van der Waals surface area contributed by atoms with Crippen molar-refractivity contribution < 1.29 is 17.9 Å². The van der Waals surface area contributed by atoms with Gasteiger partial charge in [0.05, 0.1) is 5.75 Å². The minimum absolute atomic E-state index is 0.0515. The van der Waals surface area contributed by atoms with E-state index in [0.29, 0.717) is 5.56 Å². The quantitative estimate of drug-likeness (QED) is 0.822. The molecule has 19 heavy (non-hydrogen) atoms. The lowest BCUT2D eigenvalue weighted by molar-refractivity contribution is 0.464. The van der Waals surface area contributed by atoms with Crippen LogP contribution < -0.4 is 5.32 Å². The van der Waals surface area contributed by atoms with Gasteiger partial charge in [-0.2, -0.15) is 0 Å². The van der Waals surface area contributed by atoms with Gasteiger partial charge in [0, 0.05) is 38.3 Å². The maximum atomic E-state index is 13.6. The van der Waals surface area contributed by atoms with E-state index in [1.165, 1.54) is 26.2 Å². The molecule has 0 aliphatic rings. The summed E-state index contributed by atoms with van der Waals surface area (Å²) in [4.78, 5) is 0. The van der Waals surface area contributed by atoms with Gasteiger partial charge in [0.25, 0.3) is 0 Å². The molecule has 108 valence electrons. The summed E-state index contributed by atoms with van der Waals surface area (Å²) in [7, 11) is -0.315. The molecule has 0 saturated carbocycles. The fraction of sp³-hybridized carbons (Fsp3) is 0.500. The van der Waals surface area contributed by atoms with Crippen molar-refractivity contribution in [3.8, 4) is 5.75 Å². The molecule has 0 fully saturated rings. The lowest BCUT2D eigenvalue weighted by Crippen LogP contribution is -2.32. The number of halogens is 1. The molecule has 0 heterocycles. The number of sulfonamides is 1. The van der Waals surface area contributed by atoms with Crippen molar-refractivity contribution in [3.63, 3.8) is 0 Å². The first kappa shape index (κ1) is 15.9. The Morgan fingerprint density at radius 1 is 1.42 bits per heavy atom. The van der Waals surface area contributed by atoms with E-state index in [2.05, 4.69) is 5.32 Å². The monoisotopic (exact) mass is 290 g/mol. The zero-order chi connectivity index (χ0) is 14.6. The Morgan fingerprint density at radius 3 is 2.58 bits per heavy atom. The third kappa shape index (κ3) is 4.45. The molecule has 0 aliphatic heterocycles. The van der Waals surface area contributed by atoms with Gasteiger partial charge in [0.2, 0.25) is 10.0 Å². The van der Waals surface area contributed by atoms with Crippen LogP contribution in [0.2, 0.25) is 0 Å². The van der Waals surface area contributed by atoms with Crippen LogP contribution in [0.3, 0.4) is 0 Å². The standard InChI is InChI=1S/C12H19FN2O3S/c1-9(11-5-4-10(16)8-12(11)13)14-6-7-19(17,18)15(2)3/h4-5,8-9,14,16H,6-7H2,1-3H3. The van der Waals surface area contributed by atoms with Crippen LogP contribution in [0.5, 0.6) is 5.75 Å². The first-order chi connectivity index (χ1) is 8.74. The lowest BCUT2D eigenvalue weighted by Gasteiger charge is -2.16. The highest BCUT2D eigenvalue weighted by molar-refractivity contribution is 7.89. The summed E-state index contributed by atoms with van der Waals surface area (Å²) in [5.41, 5.74) is 0.389. The van der Waals surface area contributed by atoms with Gasteiger partial charge in [0.1, 0.15) is 11.6 Å². The van der Waals surface area contributed by atoms with Crippen LogP contribution in [0, 0.1) is 5.82 Å². The Bertz CT molecular complexity index is 532. The van der Waals surface area contributed by atoms with E-state index in [1.807, 2.05) is 0 Å². The summed E-state index contributed by atoms with van der Waals surface area (Å²) in [5, 5.41) is 12.1. The van der Waals surface area contributed by atoms with Gasteiger partial charge in [-0.25, -0.2) is 17.1 Å². The minimum Gasteiger partial charge on any atom is -0.508 e. The molecule has 0 aliphatic carbocycles. The maximum Gasteiger partial charge on any atom is 0.214 e. The number of benzene rings is 1. The van der Waals surface area contributed by atoms with E-state index < -0.39 is 15.8 Å². The molecule has 0 saturated heterocycles. The van der Waals surface area contributed by atoms with Crippen molar-refractivity contribution in [2.45, 2.75) is 13.0 Å². The first-order valence-corrected chi connectivity index (χ1v) is 7.47. The zero-order valence-electron chi connectivity index (χ0n) is 11.2.